The van der Waals surface area contributed by atoms with E-state index in [1.165, 1.54) is 16.5 Å². The molecule has 0 spiro atoms. The maximum Gasteiger partial charge on any atom is 0.139 e. The van der Waals surface area contributed by atoms with Crippen LogP contribution in [0.2, 0.25) is 0 Å². The number of likely N-dealkylation sites (tertiary alicyclic amines) is 1. The number of amidine groups is 1. The van der Waals surface area contributed by atoms with E-state index >= 15 is 0 Å². The third kappa shape index (κ3) is 2.49. The van der Waals surface area contributed by atoms with Gasteiger partial charge in [0, 0.05) is 42.5 Å². The standard InChI is InChI=1S/C15H20N4O/c16-15(18-20)6-3-7-19-9-11(10-19)13-8-17-14-5-2-1-4-12(13)14/h1-2,4-5,8,11,17,20H,3,6-7,9-10H2,(H2,16,18). The highest BCUT2D eigenvalue weighted by Crippen LogP contribution is 2.32. The summed E-state index contributed by atoms with van der Waals surface area (Å²) in [6.45, 7) is 3.20. The number of aromatic nitrogens is 1. The molecule has 3 rings (SSSR count). The van der Waals surface area contributed by atoms with E-state index in [1.54, 1.807) is 0 Å². The van der Waals surface area contributed by atoms with Gasteiger partial charge in [0.05, 0.1) is 0 Å². The lowest BCUT2D eigenvalue weighted by Gasteiger charge is -2.39. The molecule has 1 fully saturated rings. The fourth-order valence-electron chi connectivity index (χ4n) is 2.91. The first-order chi connectivity index (χ1) is 9.78. The minimum absolute atomic E-state index is 0.318. The average molecular weight is 272 g/mol. The van der Waals surface area contributed by atoms with Gasteiger partial charge in [-0.15, -0.1) is 0 Å². The highest BCUT2D eigenvalue weighted by atomic mass is 16.4. The van der Waals surface area contributed by atoms with Gasteiger partial charge in [-0.3, -0.25) is 0 Å². The van der Waals surface area contributed by atoms with Gasteiger partial charge in [0.2, 0.25) is 0 Å². The number of hydrogen-bond acceptors (Lipinski definition) is 3. The normalized spacial score (nSPS) is 17.5. The molecule has 2 heterocycles. The van der Waals surface area contributed by atoms with E-state index in [1.807, 2.05) is 0 Å². The number of fused-ring (bicyclic) bond motifs is 1. The Morgan fingerprint density at radius 3 is 3.00 bits per heavy atom. The molecule has 0 amide bonds. The summed E-state index contributed by atoms with van der Waals surface area (Å²) in [5.74, 6) is 0.939. The quantitative estimate of drug-likeness (QED) is 0.337. The van der Waals surface area contributed by atoms with Crippen molar-refractivity contribution >= 4 is 16.7 Å². The third-order valence-electron chi connectivity index (χ3n) is 4.05. The highest BCUT2D eigenvalue weighted by molar-refractivity contribution is 5.83. The Morgan fingerprint density at radius 1 is 1.40 bits per heavy atom. The van der Waals surface area contributed by atoms with Crippen LogP contribution >= 0.6 is 0 Å². The van der Waals surface area contributed by atoms with E-state index in [-0.39, 0.29) is 0 Å². The van der Waals surface area contributed by atoms with E-state index in [0.717, 1.165) is 26.1 Å². The van der Waals surface area contributed by atoms with Gasteiger partial charge in [0.1, 0.15) is 5.84 Å². The van der Waals surface area contributed by atoms with Crippen LogP contribution in [0.15, 0.2) is 35.6 Å². The van der Waals surface area contributed by atoms with Crippen LogP contribution in [0.5, 0.6) is 0 Å². The zero-order chi connectivity index (χ0) is 13.9. The number of rotatable bonds is 5. The lowest BCUT2D eigenvalue weighted by Crippen LogP contribution is -2.45. The summed E-state index contributed by atoms with van der Waals surface area (Å²) in [5.41, 5.74) is 8.10. The third-order valence-corrected chi connectivity index (χ3v) is 4.05. The second-order valence-corrected chi connectivity index (χ2v) is 5.44. The maximum absolute atomic E-state index is 8.48. The first-order valence-electron chi connectivity index (χ1n) is 7.02. The highest BCUT2D eigenvalue weighted by Gasteiger charge is 2.29. The minimum Gasteiger partial charge on any atom is -0.409 e. The molecule has 1 aromatic carbocycles. The van der Waals surface area contributed by atoms with Crippen molar-refractivity contribution < 1.29 is 5.21 Å². The van der Waals surface area contributed by atoms with Crippen LogP contribution < -0.4 is 5.73 Å². The number of oxime groups is 1. The smallest absolute Gasteiger partial charge is 0.139 e. The predicted octanol–water partition coefficient (Wildman–Crippen LogP) is 2.09. The number of nitrogens with two attached hydrogens (primary N) is 1. The van der Waals surface area contributed by atoms with E-state index in [2.05, 4.69) is 45.5 Å². The Kier molecular flexibility index (Phi) is 3.60. The molecule has 0 bridgehead atoms. The summed E-state index contributed by atoms with van der Waals surface area (Å²) in [6, 6.07) is 8.45. The maximum atomic E-state index is 8.48. The molecule has 0 aliphatic carbocycles. The van der Waals surface area contributed by atoms with Crippen LogP contribution in [0.1, 0.15) is 24.3 Å². The molecule has 20 heavy (non-hydrogen) atoms. The topological polar surface area (TPSA) is 77.6 Å². The van der Waals surface area contributed by atoms with Crippen LogP contribution in [0, 0.1) is 0 Å². The number of benzene rings is 1. The van der Waals surface area contributed by atoms with Gasteiger partial charge in [0.25, 0.3) is 0 Å². The van der Waals surface area contributed by atoms with Crippen LogP contribution in [0.4, 0.5) is 0 Å². The molecule has 1 aromatic heterocycles. The van der Waals surface area contributed by atoms with Gasteiger partial charge < -0.3 is 20.8 Å². The number of H-pyrrole nitrogens is 1. The Bertz CT molecular complexity index is 613. The fourth-order valence-corrected chi connectivity index (χ4v) is 2.91. The summed E-state index contributed by atoms with van der Waals surface area (Å²) < 4.78 is 0. The molecule has 0 unspecified atom stereocenters. The zero-order valence-electron chi connectivity index (χ0n) is 11.4. The van der Waals surface area contributed by atoms with Crippen molar-refractivity contribution in [3.05, 3.63) is 36.0 Å². The first-order valence-corrected chi connectivity index (χ1v) is 7.02. The number of aromatic amines is 1. The van der Waals surface area contributed by atoms with Gasteiger partial charge in [-0.1, -0.05) is 23.4 Å². The number of para-hydroxylation sites is 1. The molecule has 1 aliphatic heterocycles. The van der Waals surface area contributed by atoms with Gasteiger partial charge >= 0.3 is 0 Å². The SMILES string of the molecule is N/C(CCCN1CC(c2c[nH]c3ccccc23)C1)=N\O. The molecule has 0 saturated carbocycles. The minimum atomic E-state index is 0.318. The van der Waals surface area contributed by atoms with Crippen molar-refractivity contribution in [2.45, 2.75) is 18.8 Å². The van der Waals surface area contributed by atoms with Gasteiger partial charge in [-0.2, -0.15) is 0 Å². The van der Waals surface area contributed by atoms with Crippen molar-refractivity contribution in [2.75, 3.05) is 19.6 Å². The molecule has 5 heteroatoms. The summed E-state index contributed by atoms with van der Waals surface area (Å²) in [5, 5.41) is 12.8. The van der Waals surface area contributed by atoms with Crippen LogP contribution in [-0.4, -0.2) is 40.6 Å². The zero-order valence-corrected chi connectivity index (χ0v) is 11.4. The van der Waals surface area contributed by atoms with Crippen molar-refractivity contribution in [3.63, 3.8) is 0 Å². The van der Waals surface area contributed by atoms with E-state index < -0.39 is 0 Å². The van der Waals surface area contributed by atoms with Crippen LogP contribution in [0.25, 0.3) is 10.9 Å². The summed E-state index contributed by atoms with van der Waals surface area (Å²) in [7, 11) is 0. The molecule has 0 radical (unpaired) electrons. The summed E-state index contributed by atoms with van der Waals surface area (Å²) >= 11 is 0. The molecule has 1 aliphatic rings. The van der Waals surface area contributed by atoms with E-state index in [9.17, 15) is 0 Å². The lowest BCUT2D eigenvalue weighted by atomic mass is 9.91. The Morgan fingerprint density at radius 2 is 2.20 bits per heavy atom. The van der Waals surface area contributed by atoms with Crippen LogP contribution in [0.3, 0.4) is 0 Å². The molecule has 5 nitrogen and oxygen atoms in total. The Labute approximate surface area is 118 Å². The van der Waals surface area contributed by atoms with Crippen molar-refractivity contribution in [2.24, 2.45) is 10.9 Å². The van der Waals surface area contributed by atoms with Crippen molar-refractivity contribution in [1.29, 1.82) is 0 Å². The predicted molar refractivity (Wildman–Crippen MR) is 80.1 cm³/mol. The van der Waals surface area contributed by atoms with Crippen molar-refractivity contribution in [1.82, 2.24) is 9.88 Å². The number of hydrogen-bond donors (Lipinski definition) is 3. The molecule has 106 valence electrons. The van der Waals surface area contributed by atoms with Gasteiger partial charge in [0.15, 0.2) is 0 Å². The van der Waals surface area contributed by atoms with Crippen molar-refractivity contribution in [3.8, 4) is 0 Å². The molecular weight excluding hydrogens is 252 g/mol. The summed E-state index contributed by atoms with van der Waals surface area (Å²) in [4.78, 5) is 5.75. The molecule has 1 saturated heterocycles. The summed E-state index contributed by atoms with van der Waals surface area (Å²) in [6.07, 6.45) is 3.74. The molecular formula is C15H20N4O. The Balaban J connectivity index is 1.53. The molecule has 2 aromatic rings. The first kappa shape index (κ1) is 13.0. The monoisotopic (exact) mass is 272 g/mol. The molecule has 4 N–H and O–H groups in total. The number of nitrogens with zero attached hydrogens (tertiary/aromatic N) is 2. The Hall–Kier alpha value is -2.01. The number of nitrogens with one attached hydrogen (secondary N) is 1. The fraction of sp³-hybridized carbons (Fsp3) is 0.400. The second kappa shape index (κ2) is 5.54. The van der Waals surface area contributed by atoms with Gasteiger partial charge in [-0.05, 0) is 24.6 Å². The van der Waals surface area contributed by atoms with Crippen LogP contribution in [-0.2, 0) is 0 Å². The largest absolute Gasteiger partial charge is 0.409 e. The van der Waals surface area contributed by atoms with E-state index in [0.29, 0.717) is 18.2 Å². The second-order valence-electron chi connectivity index (χ2n) is 5.44. The molecule has 0 atom stereocenters. The average Bonchev–Trinajstić information content (AvgIpc) is 2.84. The van der Waals surface area contributed by atoms with E-state index in [4.69, 9.17) is 10.9 Å². The van der Waals surface area contributed by atoms with Gasteiger partial charge in [-0.25, -0.2) is 0 Å². The lowest BCUT2D eigenvalue weighted by molar-refractivity contribution is 0.148.